The van der Waals surface area contributed by atoms with E-state index in [4.69, 9.17) is 5.73 Å². The molecule has 0 saturated heterocycles. The standard InChI is InChI=1S/C11H11BrFN3/c1-6-3-7(12)4-8(10(6)13)9-5-15-16(2)11(9)14/h3-5H,14H2,1-2H3. The zero-order chi connectivity index (χ0) is 11.9. The van der Waals surface area contributed by atoms with E-state index in [0.717, 1.165) is 4.47 Å². The van der Waals surface area contributed by atoms with Gasteiger partial charge in [-0.15, -0.1) is 0 Å². The maximum atomic E-state index is 13.9. The molecule has 0 atom stereocenters. The molecule has 16 heavy (non-hydrogen) atoms. The van der Waals surface area contributed by atoms with Crippen molar-refractivity contribution >= 4 is 21.7 Å². The van der Waals surface area contributed by atoms with Gasteiger partial charge in [0.25, 0.3) is 0 Å². The minimum absolute atomic E-state index is 0.261. The molecule has 0 radical (unpaired) electrons. The van der Waals surface area contributed by atoms with Crippen LogP contribution in [0, 0.1) is 12.7 Å². The Balaban J connectivity index is 2.69. The van der Waals surface area contributed by atoms with Gasteiger partial charge in [0.15, 0.2) is 0 Å². The van der Waals surface area contributed by atoms with Gasteiger partial charge in [0, 0.05) is 22.6 Å². The first kappa shape index (κ1) is 11.1. The normalized spacial score (nSPS) is 10.8. The number of hydrogen-bond donors (Lipinski definition) is 1. The molecule has 0 spiro atoms. The lowest BCUT2D eigenvalue weighted by Crippen LogP contribution is -1.99. The molecule has 0 fully saturated rings. The summed E-state index contributed by atoms with van der Waals surface area (Å²) < 4.78 is 16.3. The fraction of sp³-hybridized carbons (Fsp3) is 0.182. The van der Waals surface area contributed by atoms with Crippen LogP contribution in [0.15, 0.2) is 22.8 Å². The quantitative estimate of drug-likeness (QED) is 0.875. The van der Waals surface area contributed by atoms with E-state index < -0.39 is 0 Å². The largest absolute Gasteiger partial charge is 0.383 e. The third kappa shape index (κ3) is 1.71. The van der Waals surface area contributed by atoms with Crippen LogP contribution in [0.1, 0.15) is 5.56 Å². The number of rotatable bonds is 1. The number of aryl methyl sites for hydroxylation is 2. The van der Waals surface area contributed by atoms with Crippen molar-refractivity contribution in [2.75, 3.05) is 5.73 Å². The van der Waals surface area contributed by atoms with E-state index in [-0.39, 0.29) is 5.82 Å². The van der Waals surface area contributed by atoms with Gasteiger partial charge in [-0.2, -0.15) is 5.10 Å². The highest BCUT2D eigenvalue weighted by Gasteiger charge is 2.14. The molecule has 0 unspecified atom stereocenters. The second-order valence-corrected chi connectivity index (χ2v) is 4.57. The highest BCUT2D eigenvalue weighted by molar-refractivity contribution is 9.10. The molecular formula is C11H11BrFN3. The van der Waals surface area contributed by atoms with Gasteiger partial charge in [0.1, 0.15) is 11.6 Å². The van der Waals surface area contributed by atoms with Crippen molar-refractivity contribution in [3.63, 3.8) is 0 Å². The summed E-state index contributed by atoms with van der Waals surface area (Å²) in [6.07, 6.45) is 1.57. The van der Waals surface area contributed by atoms with Crippen molar-refractivity contribution in [1.29, 1.82) is 0 Å². The molecule has 0 bridgehead atoms. The first-order valence-electron chi connectivity index (χ1n) is 4.74. The van der Waals surface area contributed by atoms with Crippen LogP contribution in [-0.2, 0) is 7.05 Å². The van der Waals surface area contributed by atoms with Crippen molar-refractivity contribution in [2.24, 2.45) is 7.05 Å². The van der Waals surface area contributed by atoms with Crippen molar-refractivity contribution in [3.8, 4) is 11.1 Å². The Kier molecular flexibility index (Phi) is 2.71. The highest BCUT2D eigenvalue weighted by atomic mass is 79.9. The molecule has 0 saturated carbocycles. The molecule has 0 aliphatic heterocycles. The highest BCUT2D eigenvalue weighted by Crippen LogP contribution is 2.31. The molecule has 1 aromatic heterocycles. The zero-order valence-corrected chi connectivity index (χ0v) is 10.5. The fourth-order valence-electron chi connectivity index (χ4n) is 1.58. The predicted octanol–water partition coefficient (Wildman–Crippen LogP) is 2.88. The second-order valence-electron chi connectivity index (χ2n) is 3.65. The molecule has 0 amide bonds. The van der Waals surface area contributed by atoms with Crippen molar-refractivity contribution in [2.45, 2.75) is 6.92 Å². The average molecular weight is 284 g/mol. The lowest BCUT2D eigenvalue weighted by atomic mass is 10.1. The van der Waals surface area contributed by atoms with Gasteiger partial charge in [-0.05, 0) is 24.6 Å². The van der Waals surface area contributed by atoms with Gasteiger partial charge < -0.3 is 5.73 Å². The van der Waals surface area contributed by atoms with Crippen LogP contribution in [0.5, 0.6) is 0 Å². The predicted molar refractivity (Wildman–Crippen MR) is 65.5 cm³/mol. The van der Waals surface area contributed by atoms with Crippen molar-refractivity contribution < 1.29 is 4.39 Å². The van der Waals surface area contributed by atoms with E-state index in [2.05, 4.69) is 21.0 Å². The summed E-state index contributed by atoms with van der Waals surface area (Å²) in [7, 11) is 1.72. The van der Waals surface area contributed by atoms with E-state index in [1.807, 2.05) is 0 Å². The maximum absolute atomic E-state index is 13.9. The van der Waals surface area contributed by atoms with Gasteiger partial charge >= 0.3 is 0 Å². The summed E-state index contributed by atoms with van der Waals surface area (Å²) in [5.41, 5.74) is 7.48. The molecule has 3 nitrogen and oxygen atoms in total. The minimum atomic E-state index is -0.261. The summed E-state index contributed by atoms with van der Waals surface area (Å²) in [5.74, 6) is 0.194. The molecular weight excluding hydrogens is 273 g/mol. The number of benzene rings is 1. The van der Waals surface area contributed by atoms with Crippen LogP contribution < -0.4 is 5.73 Å². The van der Waals surface area contributed by atoms with Gasteiger partial charge in [-0.3, -0.25) is 4.68 Å². The first-order chi connectivity index (χ1) is 7.50. The third-order valence-electron chi connectivity index (χ3n) is 2.49. The summed E-state index contributed by atoms with van der Waals surface area (Å²) in [6.45, 7) is 1.72. The topological polar surface area (TPSA) is 43.8 Å². The van der Waals surface area contributed by atoms with Crippen LogP contribution in [0.3, 0.4) is 0 Å². The number of aromatic nitrogens is 2. The van der Waals surface area contributed by atoms with E-state index in [0.29, 0.717) is 22.5 Å². The average Bonchev–Trinajstić information content (AvgIpc) is 2.54. The van der Waals surface area contributed by atoms with Crippen LogP contribution in [-0.4, -0.2) is 9.78 Å². The maximum Gasteiger partial charge on any atom is 0.134 e. The number of nitrogens with two attached hydrogens (primary N) is 1. The van der Waals surface area contributed by atoms with E-state index >= 15 is 0 Å². The summed E-state index contributed by atoms with van der Waals surface area (Å²) in [6, 6.07) is 3.43. The Morgan fingerprint density at radius 1 is 1.38 bits per heavy atom. The van der Waals surface area contributed by atoms with Crippen molar-refractivity contribution in [3.05, 3.63) is 34.2 Å². The minimum Gasteiger partial charge on any atom is -0.383 e. The Bertz CT molecular complexity index is 548. The Labute approximate surface area is 101 Å². The summed E-state index contributed by atoms with van der Waals surface area (Å²) in [5, 5.41) is 4.00. The lowest BCUT2D eigenvalue weighted by Gasteiger charge is -2.06. The fourth-order valence-corrected chi connectivity index (χ4v) is 2.15. The molecule has 0 aliphatic rings. The molecule has 0 aliphatic carbocycles. The summed E-state index contributed by atoms with van der Waals surface area (Å²) in [4.78, 5) is 0. The molecule has 84 valence electrons. The SMILES string of the molecule is Cc1cc(Br)cc(-c2cnn(C)c2N)c1F. The number of nitrogen functional groups attached to an aromatic ring is 1. The van der Waals surface area contributed by atoms with Crippen LogP contribution >= 0.6 is 15.9 Å². The van der Waals surface area contributed by atoms with Gasteiger partial charge in [0.2, 0.25) is 0 Å². The van der Waals surface area contributed by atoms with E-state index in [9.17, 15) is 4.39 Å². The van der Waals surface area contributed by atoms with Gasteiger partial charge in [-0.25, -0.2) is 4.39 Å². The van der Waals surface area contributed by atoms with Crippen LogP contribution in [0.4, 0.5) is 10.2 Å². The molecule has 2 N–H and O–H groups in total. The van der Waals surface area contributed by atoms with E-state index in [1.165, 1.54) is 4.68 Å². The monoisotopic (exact) mass is 283 g/mol. The van der Waals surface area contributed by atoms with Crippen molar-refractivity contribution in [1.82, 2.24) is 9.78 Å². The number of nitrogens with zero attached hydrogens (tertiary/aromatic N) is 2. The zero-order valence-electron chi connectivity index (χ0n) is 8.96. The van der Waals surface area contributed by atoms with Crippen LogP contribution in [0.25, 0.3) is 11.1 Å². The lowest BCUT2D eigenvalue weighted by molar-refractivity contribution is 0.622. The first-order valence-corrected chi connectivity index (χ1v) is 5.53. The van der Waals surface area contributed by atoms with Crippen LogP contribution in [0.2, 0.25) is 0 Å². The third-order valence-corrected chi connectivity index (χ3v) is 2.95. The molecule has 2 aromatic rings. The Morgan fingerprint density at radius 2 is 2.06 bits per heavy atom. The Hall–Kier alpha value is -1.36. The molecule has 5 heteroatoms. The number of halogens is 2. The molecule has 1 aromatic carbocycles. The second kappa shape index (κ2) is 3.90. The smallest absolute Gasteiger partial charge is 0.134 e. The number of hydrogen-bond acceptors (Lipinski definition) is 2. The Morgan fingerprint density at radius 3 is 2.62 bits per heavy atom. The molecule has 1 heterocycles. The molecule has 2 rings (SSSR count). The van der Waals surface area contributed by atoms with Gasteiger partial charge in [-0.1, -0.05) is 15.9 Å². The van der Waals surface area contributed by atoms with E-state index in [1.54, 1.807) is 32.3 Å². The summed E-state index contributed by atoms with van der Waals surface area (Å²) >= 11 is 3.34. The number of anilines is 1. The van der Waals surface area contributed by atoms with Gasteiger partial charge in [0.05, 0.1) is 6.20 Å².